The third-order valence-electron chi connectivity index (χ3n) is 1.49. The molecule has 0 aliphatic rings. The van der Waals surface area contributed by atoms with Gasteiger partial charge in [0.05, 0.1) is 6.26 Å². The van der Waals surface area contributed by atoms with Crippen LogP contribution < -0.4 is 5.73 Å². The van der Waals surface area contributed by atoms with Gasteiger partial charge in [-0.2, -0.15) is 0 Å². The zero-order chi connectivity index (χ0) is 8.27. The maximum Gasteiger partial charge on any atom is 0.173 e. The Morgan fingerprint density at radius 1 is 1.73 bits per heavy atom. The van der Waals surface area contributed by atoms with Gasteiger partial charge in [0.2, 0.25) is 0 Å². The molecule has 0 saturated carbocycles. The number of hydrogen-bond acceptors (Lipinski definition) is 3. The first kappa shape index (κ1) is 8.77. The molecule has 0 bridgehead atoms. The average Bonchev–Trinajstić information content (AvgIpc) is 2.36. The molecule has 0 radical (unpaired) electrons. The number of furan rings is 1. The Labute approximate surface area is 73.3 Å². The summed E-state index contributed by atoms with van der Waals surface area (Å²) in [5, 5.41) is 8.60. The summed E-state index contributed by atoms with van der Waals surface area (Å²) in [6.45, 7) is 0.0960. The summed E-state index contributed by atoms with van der Waals surface area (Å²) in [7, 11) is 0. The molecule has 0 unspecified atom stereocenters. The fraction of sp³-hybridized carbons (Fsp3) is 0.429. The molecule has 1 aromatic heterocycles. The van der Waals surface area contributed by atoms with Crippen LogP contribution in [0, 0.1) is 0 Å². The van der Waals surface area contributed by atoms with E-state index in [0.717, 1.165) is 5.56 Å². The van der Waals surface area contributed by atoms with Gasteiger partial charge in [-0.05, 0) is 28.4 Å². The largest absolute Gasteiger partial charge is 0.457 e. The van der Waals surface area contributed by atoms with Crippen LogP contribution in [0.5, 0.6) is 0 Å². The third-order valence-corrected chi connectivity index (χ3v) is 2.13. The summed E-state index contributed by atoms with van der Waals surface area (Å²) >= 11 is 3.21. The summed E-state index contributed by atoms with van der Waals surface area (Å²) in [6.07, 6.45) is 2.12. The highest BCUT2D eigenvalue weighted by Gasteiger charge is 2.10. The fourth-order valence-electron chi connectivity index (χ4n) is 0.865. The monoisotopic (exact) mass is 219 g/mol. The molecule has 0 amide bonds. The van der Waals surface area contributed by atoms with Gasteiger partial charge in [-0.15, -0.1) is 0 Å². The molecule has 0 saturated heterocycles. The first-order chi connectivity index (χ1) is 5.25. The molecule has 1 rings (SSSR count). The first-order valence-electron chi connectivity index (χ1n) is 3.35. The lowest BCUT2D eigenvalue weighted by Crippen LogP contribution is -2.11. The topological polar surface area (TPSA) is 59.4 Å². The Morgan fingerprint density at radius 2 is 2.45 bits per heavy atom. The molecule has 3 nitrogen and oxygen atoms in total. The number of aliphatic hydroxyl groups is 1. The van der Waals surface area contributed by atoms with Crippen LogP contribution in [0.1, 0.15) is 18.0 Å². The van der Waals surface area contributed by atoms with Gasteiger partial charge in [0.1, 0.15) is 0 Å². The molecule has 1 heterocycles. The second-order valence-corrected chi connectivity index (χ2v) is 2.99. The molecule has 0 aromatic carbocycles. The molecular formula is C7H10BrNO2. The van der Waals surface area contributed by atoms with Crippen molar-refractivity contribution in [2.75, 3.05) is 6.61 Å². The number of hydrogen-bond donors (Lipinski definition) is 2. The normalized spacial score (nSPS) is 13.4. The van der Waals surface area contributed by atoms with Gasteiger partial charge in [-0.25, -0.2) is 0 Å². The summed E-state index contributed by atoms with van der Waals surface area (Å²) in [6, 6.07) is 1.65. The van der Waals surface area contributed by atoms with Crippen molar-refractivity contribution in [3.63, 3.8) is 0 Å². The van der Waals surface area contributed by atoms with Crippen LogP contribution in [-0.4, -0.2) is 11.7 Å². The highest BCUT2D eigenvalue weighted by molar-refractivity contribution is 9.10. The predicted molar refractivity (Wildman–Crippen MR) is 45.0 cm³/mol. The quantitative estimate of drug-likeness (QED) is 0.809. The van der Waals surface area contributed by atoms with Crippen LogP contribution in [0.15, 0.2) is 21.4 Å². The van der Waals surface area contributed by atoms with E-state index in [9.17, 15) is 0 Å². The standard InChI is InChI=1S/C7H10BrNO2/c8-7-5(2-4-11-7)6(9)1-3-10/h2,4,6,10H,1,3,9H2/t6-/m1/s1. The van der Waals surface area contributed by atoms with Crippen molar-refractivity contribution in [3.05, 3.63) is 22.6 Å². The van der Waals surface area contributed by atoms with Crippen molar-refractivity contribution >= 4 is 15.9 Å². The van der Waals surface area contributed by atoms with Gasteiger partial charge in [0.15, 0.2) is 4.67 Å². The second-order valence-electron chi connectivity index (χ2n) is 2.27. The van der Waals surface area contributed by atoms with Crippen molar-refractivity contribution in [2.45, 2.75) is 12.5 Å². The van der Waals surface area contributed by atoms with Crippen LogP contribution in [0.4, 0.5) is 0 Å². The van der Waals surface area contributed by atoms with E-state index in [0.29, 0.717) is 11.1 Å². The minimum Gasteiger partial charge on any atom is -0.457 e. The van der Waals surface area contributed by atoms with E-state index in [4.69, 9.17) is 15.3 Å². The number of aliphatic hydroxyl groups excluding tert-OH is 1. The molecule has 0 aliphatic heterocycles. The molecule has 0 aliphatic carbocycles. The third kappa shape index (κ3) is 2.05. The number of rotatable bonds is 3. The summed E-state index contributed by atoms with van der Waals surface area (Å²) < 4.78 is 5.64. The van der Waals surface area contributed by atoms with E-state index in [1.165, 1.54) is 0 Å². The molecule has 1 atom stereocenters. The summed E-state index contributed by atoms with van der Waals surface area (Å²) in [5.41, 5.74) is 6.60. The van der Waals surface area contributed by atoms with Crippen LogP contribution in [0.25, 0.3) is 0 Å². The van der Waals surface area contributed by atoms with Crippen LogP contribution in [0.3, 0.4) is 0 Å². The summed E-state index contributed by atoms with van der Waals surface area (Å²) in [5.74, 6) is 0. The van der Waals surface area contributed by atoms with Gasteiger partial charge >= 0.3 is 0 Å². The number of halogens is 1. The van der Waals surface area contributed by atoms with E-state index < -0.39 is 0 Å². The van der Waals surface area contributed by atoms with Gasteiger partial charge in [0, 0.05) is 18.2 Å². The minimum absolute atomic E-state index is 0.0960. The lowest BCUT2D eigenvalue weighted by molar-refractivity contribution is 0.276. The van der Waals surface area contributed by atoms with Crippen molar-refractivity contribution in [1.82, 2.24) is 0 Å². The Hall–Kier alpha value is -0.320. The predicted octanol–water partition coefficient (Wildman–Crippen LogP) is 1.42. The highest BCUT2D eigenvalue weighted by Crippen LogP contribution is 2.24. The first-order valence-corrected chi connectivity index (χ1v) is 4.14. The molecule has 11 heavy (non-hydrogen) atoms. The average molecular weight is 220 g/mol. The lowest BCUT2D eigenvalue weighted by atomic mass is 10.1. The molecular weight excluding hydrogens is 210 g/mol. The lowest BCUT2D eigenvalue weighted by Gasteiger charge is -2.06. The molecule has 1 aromatic rings. The molecule has 4 heteroatoms. The van der Waals surface area contributed by atoms with Crippen molar-refractivity contribution in [1.29, 1.82) is 0 Å². The van der Waals surface area contributed by atoms with Gasteiger partial charge in [-0.3, -0.25) is 0 Å². The van der Waals surface area contributed by atoms with Crippen LogP contribution in [0.2, 0.25) is 0 Å². The van der Waals surface area contributed by atoms with Gasteiger partial charge in [0.25, 0.3) is 0 Å². The maximum atomic E-state index is 8.60. The van der Waals surface area contributed by atoms with Crippen molar-refractivity contribution in [2.24, 2.45) is 5.73 Å². The Morgan fingerprint density at radius 3 is 2.91 bits per heavy atom. The molecule has 0 fully saturated rings. The van der Waals surface area contributed by atoms with E-state index in [1.807, 2.05) is 0 Å². The maximum absolute atomic E-state index is 8.60. The second kappa shape index (κ2) is 3.90. The zero-order valence-electron chi connectivity index (χ0n) is 5.96. The minimum atomic E-state index is -0.145. The smallest absolute Gasteiger partial charge is 0.173 e. The summed E-state index contributed by atoms with van der Waals surface area (Å²) in [4.78, 5) is 0. The van der Waals surface area contributed by atoms with Gasteiger partial charge < -0.3 is 15.3 Å². The Balaban J connectivity index is 2.67. The van der Waals surface area contributed by atoms with E-state index in [1.54, 1.807) is 12.3 Å². The molecule has 0 spiro atoms. The Kier molecular flexibility index (Phi) is 3.11. The van der Waals surface area contributed by atoms with Crippen LogP contribution in [-0.2, 0) is 0 Å². The van der Waals surface area contributed by atoms with E-state index in [-0.39, 0.29) is 12.6 Å². The zero-order valence-corrected chi connectivity index (χ0v) is 7.54. The van der Waals surface area contributed by atoms with Gasteiger partial charge in [-0.1, -0.05) is 0 Å². The fourth-order valence-corrected chi connectivity index (χ4v) is 1.40. The highest BCUT2D eigenvalue weighted by atomic mass is 79.9. The number of nitrogens with two attached hydrogens (primary N) is 1. The molecule has 3 N–H and O–H groups in total. The van der Waals surface area contributed by atoms with Crippen molar-refractivity contribution < 1.29 is 9.52 Å². The van der Waals surface area contributed by atoms with Crippen LogP contribution >= 0.6 is 15.9 Å². The Bertz CT molecular complexity index is 224. The SMILES string of the molecule is N[C@H](CCO)c1ccoc1Br. The molecule has 62 valence electrons. The van der Waals surface area contributed by atoms with E-state index >= 15 is 0 Å². The van der Waals surface area contributed by atoms with Crippen molar-refractivity contribution in [3.8, 4) is 0 Å². The van der Waals surface area contributed by atoms with E-state index in [2.05, 4.69) is 15.9 Å².